The van der Waals surface area contributed by atoms with E-state index in [-0.39, 0.29) is 19.1 Å². The molecule has 0 saturated carbocycles. The average molecular weight is 336 g/mol. The van der Waals surface area contributed by atoms with Gasteiger partial charge in [0.2, 0.25) is 5.91 Å². The number of fused-ring (bicyclic) bond motifs is 3. The molecule has 0 radical (unpaired) electrons. The van der Waals surface area contributed by atoms with Crippen LogP contribution in [-0.2, 0) is 30.3 Å². The Bertz CT molecular complexity index is 581. The molecule has 3 heterocycles. The van der Waals surface area contributed by atoms with E-state index in [0.717, 1.165) is 5.56 Å². The first kappa shape index (κ1) is 16.7. The zero-order chi connectivity index (χ0) is 17.0. The molecule has 3 aliphatic heterocycles. The van der Waals surface area contributed by atoms with Gasteiger partial charge in [0.15, 0.2) is 0 Å². The molecule has 1 aromatic carbocycles. The number of hydrogen-bond donors (Lipinski definition) is 2. The number of alkyl carbamates (subject to hydrolysis) is 1. The SMILES string of the molecule is CC12OCC(NC(=O)CNC(=O)OCc3ccccc3)(CO1)CO2. The molecule has 0 spiro atoms. The highest BCUT2D eigenvalue weighted by atomic mass is 16.9. The number of carbonyl (C=O) groups is 2. The number of carbonyl (C=O) groups excluding carboxylic acids is 2. The van der Waals surface area contributed by atoms with Crippen molar-refractivity contribution in [3.8, 4) is 0 Å². The summed E-state index contributed by atoms with van der Waals surface area (Å²) in [4.78, 5) is 23.6. The van der Waals surface area contributed by atoms with E-state index in [9.17, 15) is 9.59 Å². The lowest BCUT2D eigenvalue weighted by Gasteiger charge is -2.50. The maximum absolute atomic E-state index is 12.0. The molecule has 8 nitrogen and oxygen atoms in total. The van der Waals surface area contributed by atoms with E-state index in [2.05, 4.69) is 10.6 Å². The van der Waals surface area contributed by atoms with Crippen LogP contribution in [0.4, 0.5) is 4.79 Å². The molecule has 0 atom stereocenters. The van der Waals surface area contributed by atoms with Gasteiger partial charge in [0.25, 0.3) is 5.97 Å². The molecule has 2 amide bonds. The molecule has 8 heteroatoms. The predicted molar refractivity (Wildman–Crippen MR) is 81.8 cm³/mol. The number of amides is 2. The first-order valence-corrected chi connectivity index (χ1v) is 7.66. The van der Waals surface area contributed by atoms with Crippen LogP contribution >= 0.6 is 0 Å². The van der Waals surface area contributed by atoms with Gasteiger partial charge in [0, 0.05) is 6.92 Å². The fourth-order valence-corrected chi connectivity index (χ4v) is 2.43. The van der Waals surface area contributed by atoms with Crippen molar-refractivity contribution in [1.29, 1.82) is 0 Å². The van der Waals surface area contributed by atoms with Gasteiger partial charge < -0.3 is 29.6 Å². The highest BCUT2D eigenvalue weighted by Crippen LogP contribution is 2.32. The largest absolute Gasteiger partial charge is 0.445 e. The van der Waals surface area contributed by atoms with E-state index < -0.39 is 17.6 Å². The van der Waals surface area contributed by atoms with Gasteiger partial charge in [-0.15, -0.1) is 0 Å². The van der Waals surface area contributed by atoms with Crippen LogP contribution in [0.15, 0.2) is 30.3 Å². The van der Waals surface area contributed by atoms with Gasteiger partial charge in [0.05, 0.1) is 19.8 Å². The fourth-order valence-electron chi connectivity index (χ4n) is 2.43. The van der Waals surface area contributed by atoms with Gasteiger partial charge in [0.1, 0.15) is 18.7 Å². The molecule has 0 aliphatic carbocycles. The highest BCUT2D eigenvalue weighted by Gasteiger charge is 2.50. The summed E-state index contributed by atoms with van der Waals surface area (Å²) in [5, 5.41) is 5.19. The Balaban J connectivity index is 1.39. The smallest absolute Gasteiger partial charge is 0.407 e. The molecule has 3 saturated heterocycles. The molecule has 24 heavy (non-hydrogen) atoms. The summed E-state index contributed by atoms with van der Waals surface area (Å²) in [6, 6.07) is 9.28. The normalized spacial score (nSPS) is 28.2. The topological polar surface area (TPSA) is 95.1 Å². The average Bonchev–Trinajstić information content (AvgIpc) is 2.60. The second-order valence-corrected chi connectivity index (χ2v) is 5.97. The van der Waals surface area contributed by atoms with Crippen molar-refractivity contribution in [2.45, 2.75) is 25.0 Å². The van der Waals surface area contributed by atoms with Gasteiger partial charge in [-0.1, -0.05) is 30.3 Å². The zero-order valence-corrected chi connectivity index (χ0v) is 13.4. The van der Waals surface area contributed by atoms with Crippen molar-refractivity contribution >= 4 is 12.0 Å². The molecule has 2 N–H and O–H groups in total. The summed E-state index contributed by atoms with van der Waals surface area (Å²) in [5.41, 5.74) is 0.152. The Morgan fingerprint density at radius 2 is 1.75 bits per heavy atom. The third-order valence-corrected chi connectivity index (χ3v) is 3.84. The minimum absolute atomic E-state index is 0.145. The monoisotopic (exact) mass is 336 g/mol. The first-order valence-electron chi connectivity index (χ1n) is 7.66. The van der Waals surface area contributed by atoms with Crippen LogP contribution in [0.2, 0.25) is 0 Å². The summed E-state index contributed by atoms with van der Waals surface area (Å²) < 4.78 is 21.3. The second kappa shape index (κ2) is 6.76. The van der Waals surface area contributed by atoms with Gasteiger partial charge >= 0.3 is 6.09 Å². The number of nitrogens with one attached hydrogen (secondary N) is 2. The number of rotatable bonds is 5. The summed E-state index contributed by atoms with van der Waals surface area (Å²) in [7, 11) is 0. The number of benzene rings is 1. The van der Waals surface area contributed by atoms with Crippen LogP contribution in [0.25, 0.3) is 0 Å². The van der Waals surface area contributed by atoms with E-state index in [1.54, 1.807) is 6.92 Å². The molecular weight excluding hydrogens is 316 g/mol. The Morgan fingerprint density at radius 3 is 2.38 bits per heavy atom. The van der Waals surface area contributed by atoms with Crippen LogP contribution in [-0.4, -0.2) is 49.9 Å². The van der Waals surface area contributed by atoms with E-state index >= 15 is 0 Å². The van der Waals surface area contributed by atoms with Crippen LogP contribution in [0, 0.1) is 0 Å². The minimum atomic E-state index is -1.02. The minimum Gasteiger partial charge on any atom is -0.445 e. The van der Waals surface area contributed by atoms with Crippen LogP contribution < -0.4 is 10.6 Å². The summed E-state index contributed by atoms with van der Waals surface area (Å²) in [5.74, 6) is -1.39. The molecule has 130 valence electrons. The maximum atomic E-state index is 12.0. The van der Waals surface area contributed by atoms with Crippen LogP contribution in [0.3, 0.4) is 0 Å². The van der Waals surface area contributed by atoms with Crippen molar-refractivity contribution in [1.82, 2.24) is 10.6 Å². The molecule has 4 rings (SSSR count). The van der Waals surface area contributed by atoms with E-state index in [4.69, 9.17) is 18.9 Å². The van der Waals surface area contributed by atoms with Crippen molar-refractivity contribution in [2.75, 3.05) is 26.4 Å². The Hall–Kier alpha value is -2.16. The van der Waals surface area contributed by atoms with Crippen molar-refractivity contribution in [3.05, 3.63) is 35.9 Å². The van der Waals surface area contributed by atoms with Crippen LogP contribution in [0.1, 0.15) is 12.5 Å². The van der Waals surface area contributed by atoms with E-state index in [0.29, 0.717) is 19.8 Å². The van der Waals surface area contributed by atoms with Crippen LogP contribution in [0.5, 0.6) is 0 Å². The van der Waals surface area contributed by atoms with Gasteiger partial charge in [-0.05, 0) is 5.56 Å². The summed E-state index contributed by atoms with van der Waals surface area (Å²) >= 11 is 0. The molecule has 3 fully saturated rings. The molecular formula is C16H20N2O6. The van der Waals surface area contributed by atoms with E-state index in [1.807, 2.05) is 30.3 Å². The molecule has 2 bridgehead atoms. The number of ether oxygens (including phenoxy) is 4. The van der Waals surface area contributed by atoms with Crippen molar-refractivity contribution in [2.24, 2.45) is 0 Å². The highest BCUT2D eigenvalue weighted by molar-refractivity contribution is 5.82. The Morgan fingerprint density at radius 1 is 1.12 bits per heavy atom. The lowest BCUT2D eigenvalue weighted by atomic mass is 10.0. The molecule has 1 aromatic rings. The van der Waals surface area contributed by atoms with Gasteiger partial charge in [-0.25, -0.2) is 4.79 Å². The standard InChI is InChI=1S/C16H20N2O6/c1-15-22-9-16(10-23-15,11-24-15)18-13(19)7-17-14(20)21-8-12-5-3-2-4-6-12/h2-6H,7-11H2,1H3,(H,17,20)(H,18,19). The first-order chi connectivity index (χ1) is 11.5. The van der Waals surface area contributed by atoms with Gasteiger partial charge in [-0.3, -0.25) is 4.79 Å². The molecule has 0 unspecified atom stereocenters. The summed E-state index contributed by atoms with van der Waals surface area (Å²) in [6.45, 7) is 2.52. The van der Waals surface area contributed by atoms with Crippen molar-refractivity contribution in [3.63, 3.8) is 0 Å². The second-order valence-electron chi connectivity index (χ2n) is 5.97. The fraction of sp³-hybridized carbons (Fsp3) is 0.500. The molecule has 0 aromatic heterocycles. The quantitative estimate of drug-likeness (QED) is 0.814. The maximum Gasteiger partial charge on any atom is 0.407 e. The predicted octanol–water partition coefficient (Wildman–Crippen LogP) is 0.518. The van der Waals surface area contributed by atoms with E-state index in [1.165, 1.54) is 0 Å². The molecule has 3 aliphatic rings. The number of hydrogen-bond acceptors (Lipinski definition) is 6. The van der Waals surface area contributed by atoms with Crippen molar-refractivity contribution < 1.29 is 28.5 Å². The third-order valence-electron chi connectivity index (χ3n) is 3.84. The lowest BCUT2D eigenvalue weighted by Crippen LogP contribution is -2.70. The lowest BCUT2D eigenvalue weighted by molar-refractivity contribution is -0.445. The van der Waals surface area contributed by atoms with Gasteiger partial charge in [-0.2, -0.15) is 0 Å². The Kier molecular flexibility index (Phi) is 4.70. The third kappa shape index (κ3) is 4.02. The summed E-state index contributed by atoms with van der Waals surface area (Å²) in [6.07, 6.45) is -0.657. The zero-order valence-electron chi connectivity index (χ0n) is 13.4. The Labute approximate surface area is 139 Å².